The normalized spacial score (nSPS) is 12.0. The topological polar surface area (TPSA) is 172 Å². The van der Waals surface area contributed by atoms with Gasteiger partial charge in [0, 0.05) is 16.8 Å². The second-order valence-corrected chi connectivity index (χ2v) is 14.4. The number of aromatic carboxylic acids is 1. The zero-order chi connectivity index (χ0) is 39.3. The molecule has 2 aromatic carbocycles. The number of hydrogen-bond acceptors (Lipinski definition) is 11. The molecule has 284 valence electrons. The number of nitrogens with zero attached hydrogens (tertiary/aromatic N) is 5. The number of methoxy groups -OCH3 is 2. The van der Waals surface area contributed by atoms with Gasteiger partial charge in [-0.1, -0.05) is 61.3 Å². The van der Waals surface area contributed by atoms with E-state index >= 15 is 0 Å². The number of carboxylic acid groups (broad SMARTS) is 1. The molecule has 1 unspecified atom stereocenters. The Balaban J connectivity index is 1.63. The van der Waals surface area contributed by atoms with Crippen LogP contribution in [0.4, 0.5) is 11.6 Å². The summed E-state index contributed by atoms with van der Waals surface area (Å²) < 4.78 is 19.1. The van der Waals surface area contributed by atoms with E-state index in [1.807, 2.05) is 26.0 Å². The molecule has 1 atom stereocenters. The molecule has 0 saturated heterocycles. The number of benzene rings is 2. The van der Waals surface area contributed by atoms with E-state index in [4.69, 9.17) is 37.4 Å². The molecule has 3 heterocycles. The summed E-state index contributed by atoms with van der Waals surface area (Å²) >= 11 is 12.9. The first kappa shape index (κ1) is 39.6. The van der Waals surface area contributed by atoms with Gasteiger partial charge in [0.2, 0.25) is 11.8 Å². The lowest BCUT2D eigenvalue weighted by Crippen LogP contribution is -2.28. The molecule has 3 aromatic heterocycles. The summed E-state index contributed by atoms with van der Waals surface area (Å²) in [4.78, 5) is 48.1. The Kier molecular flexibility index (Phi) is 12.2. The van der Waals surface area contributed by atoms with Gasteiger partial charge < -0.3 is 34.5 Å². The van der Waals surface area contributed by atoms with Crippen LogP contribution in [0.25, 0.3) is 5.69 Å². The minimum Gasteiger partial charge on any atom is -0.497 e. The van der Waals surface area contributed by atoms with Crippen LogP contribution in [-0.4, -0.2) is 67.7 Å². The Labute approximate surface area is 322 Å². The second-order valence-electron chi connectivity index (χ2n) is 13.5. The number of halogens is 2. The minimum absolute atomic E-state index is 0.0526. The highest BCUT2D eigenvalue weighted by Crippen LogP contribution is 2.38. The van der Waals surface area contributed by atoms with Gasteiger partial charge in [-0.2, -0.15) is 10.1 Å². The second kappa shape index (κ2) is 16.6. The monoisotopic (exact) mass is 777 g/mol. The van der Waals surface area contributed by atoms with E-state index < -0.39 is 29.1 Å². The molecule has 0 saturated carbocycles. The maximum atomic E-state index is 14.0. The summed E-state index contributed by atoms with van der Waals surface area (Å²) in [5.74, 6) is -1.35. The van der Waals surface area contributed by atoms with Gasteiger partial charge in [0.25, 0.3) is 5.56 Å². The average Bonchev–Trinajstić information content (AvgIpc) is 3.52. The van der Waals surface area contributed by atoms with Crippen molar-refractivity contribution in [1.82, 2.24) is 24.3 Å². The van der Waals surface area contributed by atoms with Crippen molar-refractivity contribution in [2.45, 2.75) is 58.7 Å². The summed E-state index contributed by atoms with van der Waals surface area (Å²) in [5.41, 5.74) is 1.16. The molecule has 0 radical (unpaired) electrons. The summed E-state index contributed by atoms with van der Waals surface area (Å²) in [7, 11) is 2.97. The molecular weight excluding hydrogens is 737 g/mol. The van der Waals surface area contributed by atoms with Crippen molar-refractivity contribution < 1.29 is 28.9 Å². The Morgan fingerprint density at radius 3 is 2.26 bits per heavy atom. The first-order chi connectivity index (χ1) is 25.6. The number of ether oxygens (including phenoxy) is 3. The lowest BCUT2D eigenvalue weighted by atomic mass is 9.92. The van der Waals surface area contributed by atoms with Crippen molar-refractivity contribution in [2.24, 2.45) is 0 Å². The van der Waals surface area contributed by atoms with Crippen LogP contribution in [0.15, 0.2) is 71.8 Å². The molecule has 5 rings (SSSR count). The highest BCUT2D eigenvalue weighted by molar-refractivity contribution is 6.31. The van der Waals surface area contributed by atoms with Crippen molar-refractivity contribution in [3.63, 3.8) is 0 Å². The standard InChI is InChI=1S/C38H41Cl2N7O7/c1-21(2)33-30(32(36(50)51)45-47(33)28-17-41-37(44-34(28)53-7)42-18-29(48)54-38(3,4)5)31(23-10-12-24(39)13-11-23)43-27-16-25(40)20-46(35(27)49)19-22-8-14-26(52-6)15-9-22/h8-17,20-21,31,43H,18-19H2,1-7H3,(H,50,51)(H,41,42,44). The highest BCUT2D eigenvalue weighted by atomic mass is 35.5. The fourth-order valence-corrected chi connectivity index (χ4v) is 6.13. The van der Waals surface area contributed by atoms with E-state index in [1.165, 1.54) is 34.8 Å². The van der Waals surface area contributed by atoms with Gasteiger partial charge in [0.1, 0.15) is 29.3 Å². The summed E-state index contributed by atoms with van der Waals surface area (Å²) in [6.45, 7) is 9.05. The summed E-state index contributed by atoms with van der Waals surface area (Å²) in [6, 6.07) is 14.7. The number of hydrogen-bond donors (Lipinski definition) is 3. The molecule has 5 aromatic rings. The third kappa shape index (κ3) is 9.30. The van der Waals surface area contributed by atoms with Gasteiger partial charge in [0.15, 0.2) is 5.69 Å². The number of aromatic nitrogens is 5. The molecule has 0 amide bonds. The van der Waals surface area contributed by atoms with Crippen LogP contribution >= 0.6 is 23.2 Å². The predicted octanol–water partition coefficient (Wildman–Crippen LogP) is 6.97. The van der Waals surface area contributed by atoms with E-state index in [1.54, 1.807) is 64.3 Å². The number of carboxylic acids is 1. The largest absolute Gasteiger partial charge is 0.497 e. The van der Waals surface area contributed by atoms with Gasteiger partial charge in [-0.25, -0.2) is 14.5 Å². The van der Waals surface area contributed by atoms with Crippen molar-refractivity contribution in [2.75, 3.05) is 31.4 Å². The number of rotatable bonds is 14. The highest BCUT2D eigenvalue weighted by Gasteiger charge is 2.33. The fraction of sp³-hybridized carbons (Fsp3) is 0.316. The number of esters is 1. The molecule has 0 spiro atoms. The van der Waals surface area contributed by atoms with Crippen molar-refractivity contribution in [3.8, 4) is 17.3 Å². The lowest BCUT2D eigenvalue weighted by molar-refractivity contribution is -0.152. The summed E-state index contributed by atoms with van der Waals surface area (Å²) in [5, 5.41) is 22.1. The van der Waals surface area contributed by atoms with Gasteiger partial charge in [-0.3, -0.25) is 9.59 Å². The van der Waals surface area contributed by atoms with E-state index in [9.17, 15) is 19.5 Å². The zero-order valence-corrected chi connectivity index (χ0v) is 32.3. The SMILES string of the molecule is COc1ccc(Cn2cc(Cl)cc(NC(c3ccc(Cl)cc3)c3c(C(=O)O)nn(-c4cnc(NCC(=O)OC(C)(C)C)nc4OC)c3C(C)C)c2=O)cc1. The Morgan fingerprint density at radius 2 is 1.67 bits per heavy atom. The molecule has 16 heteroatoms. The van der Waals surface area contributed by atoms with E-state index in [0.29, 0.717) is 22.0 Å². The van der Waals surface area contributed by atoms with Crippen LogP contribution in [0.5, 0.6) is 11.6 Å². The van der Waals surface area contributed by atoms with Crippen LogP contribution in [0.2, 0.25) is 10.0 Å². The van der Waals surface area contributed by atoms with Gasteiger partial charge in [-0.05, 0) is 68.1 Å². The van der Waals surface area contributed by atoms with Crippen LogP contribution in [0.3, 0.4) is 0 Å². The predicted molar refractivity (Wildman–Crippen MR) is 206 cm³/mol. The molecule has 14 nitrogen and oxygen atoms in total. The van der Waals surface area contributed by atoms with Gasteiger partial charge >= 0.3 is 11.9 Å². The fourth-order valence-electron chi connectivity index (χ4n) is 5.77. The number of carbonyl (C=O) groups excluding carboxylic acids is 1. The van der Waals surface area contributed by atoms with Crippen molar-refractivity contribution in [1.29, 1.82) is 0 Å². The Morgan fingerprint density at radius 1 is 0.981 bits per heavy atom. The lowest BCUT2D eigenvalue weighted by Gasteiger charge is -2.24. The van der Waals surface area contributed by atoms with Crippen LogP contribution < -0.4 is 25.7 Å². The van der Waals surface area contributed by atoms with Crippen molar-refractivity contribution >= 4 is 46.8 Å². The summed E-state index contributed by atoms with van der Waals surface area (Å²) in [6.07, 6.45) is 2.95. The molecule has 0 aliphatic heterocycles. The maximum absolute atomic E-state index is 14.0. The number of anilines is 2. The van der Waals surface area contributed by atoms with E-state index in [0.717, 1.165) is 5.56 Å². The number of carbonyl (C=O) groups is 2. The first-order valence-corrected chi connectivity index (χ1v) is 17.6. The molecule has 0 aliphatic rings. The zero-order valence-electron chi connectivity index (χ0n) is 30.8. The van der Waals surface area contributed by atoms with Gasteiger partial charge in [0.05, 0.1) is 43.7 Å². The van der Waals surface area contributed by atoms with Crippen LogP contribution in [-0.2, 0) is 16.1 Å². The van der Waals surface area contributed by atoms with Crippen LogP contribution in [0, 0.1) is 0 Å². The van der Waals surface area contributed by atoms with Crippen LogP contribution in [0.1, 0.15) is 79.5 Å². The van der Waals surface area contributed by atoms with Gasteiger partial charge in [-0.15, -0.1) is 0 Å². The quantitative estimate of drug-likeness (QED) is 0.0991. The first-order valence-electron chi connectivity index (χ1n) is 16.9. The van der Waals surface area contributed by atoms with Crippen molar-refractivity contribution in [3.05, 3.63) is 115 Å². The van der Waals surface area contributed by atoms with E-state index in [2.05, 4.69) is 25.7 Å². The Bertz CT molecular complexity index is 2200. The van der Waals surface area contributed by atoms with E-state index in [-0.39, 0.29) is 58.5 Å². The molecule has 54 heavy (non-hydrogen) atoms. The molecule has 0 bridgehead atoms. The minimum atomic E-state index is -1.31. The molecule has 0 fully saturated rings. The molecular formula is C38H41Cl2N7O7. The Hall–Kier alpha value is -5.60. The average molecular weight is 779 g/mol. The smallest absolute Gasteiger partial charge is 0.356 e. The number of nitrogens with one attached hydrogen (secondary N) is 2. The number of pyridine rings is 1. The third-order valence-electron chi connectivity index (χ3n) is 8.03. The molecule has 0 aliphatic carbocycles. The third-order valence-corrected chi connectivity index (χ3v) is 8.49. The molecule has 3 N–H and O–H groups in total. The maximum Gasteiger partial charge on any atom is 0.356 e.